The Morgan fingerprint density at radius 2 is 1.85 bits per heavy atom. The molecule has 1 amide bonds. The standard InChI is InChI=1S/C19H23N3O4S/c1-15-11-18(23)22(14-20-15)12-19(24)21-9-7-17(8-10-21)27(25,26)13-16-5-3-2-4-6-16/h2-6,11,14,17H,7-10,12-13H2,1H3. The molecule has 144 valence electrons. The lowest BCUT2D eigenvalue weighted by Gasteiger charge is -2.32. The minimum absolute atomic E-state index is 0.0247. The first-order valence-electron chi connectivity index (χ1n) is 8.91. The average molecular weight is 389 g/mol. The van der Waals surface area contributed by atoms with Crippen LogP contribution in [0.3, 0.4) is 0 Å². The van der Waals surface area contributed by atoms with E-state index in [1.807, 2.05) is 30.3 Å². The maximum absolute atomic E-state index is 12.6. The summed E-state index contributed by atoms with van der Waals surface area (Å²) < 4.78 is 26.6. The summed E-state index contributed by atoms with van der Waals surface area (Å²) in [6, 6.07) is 10.5. The highest BCUT2D eigenvalue weighted by Crippen LogP contribution is 2.21. The Bertz CT molecular complexity index is 962. The van der Waals surface area contributed by atoms with E-state index in [9.17, 15) is 18.0 Å². The van der Waals surface area contributed by atoms with Crippen molar-refractivity contribution in [2.75, 3.05) is 13.1 Å². The Balaban J connectivity index is 1.58. The molecule has 1 aliphatic heterocycles. The molecule has 3 rings (SSSR count). The van der Waals surface area contributed by atoms with Crippen molar-refractivity contribution in [1.82, 2.24) is 14.5 Å². The van der Waals surface area contributed by atoms with E-state index >= 15 is 0 Å². The van der Waals surface area contributed by atoms with Crippen LogP contribution in [0.5, 0.6) is 0 Å². The summed E-state index contributed by atoms with van der Waals surface area (Å²) >= 11 is 0. The molecule has 1 aromatic carbocycles. The van der Waals surface area contributed by atoms with Gasteiger partial charge in [-0.1, -0.05) is 30.3 Å². The number of nitrogens with zero attached hydrogens (tertiary/aromatic N) is 3. The summed E-state index contributed by atoms with van der Waals surface area (Å²) in [5.41, 5.74) is 1.12. The highest BCUT2D eigenvalue weighted by atomic mass is 32.2. The maximum atomic E-state index is 12.6. The third-order valence-corrected chi connectivity index (χ3v) is 7.06. The monoisotopic (exact) mass is 389 g/mol. The van der Waals surface area contributed by atoms with E-state index in [0.717, 1.165) is 5.56 Å². The molecule has 1 aliphatic rings. The van der Waals surface area contributed by atoms with E-state index in [-0.39, 0.29) is 23.8 Å². The van der Waals surface area contributed by atoms with Crippen molar-refractivity contribution >= 4 is 15.7 Å². The molecule has 0 N–H and O–H groups in total. The van der Waals surface area contributed by atoms with Gasteiger partial charge in [-0.15, -0.1) is 0 Å². The molecule has 1 aromatic heterocycles. The van der Waals surface area contributed by atoms with Gasteiger partial charge in [-0.3, -0.25) is 14.2 Å². The molecule has 0 spiro atoms. The number of aryl methyl sites for hydroxylation is 1. The first kappa shape index (κ1) is 19.3. The van der Waals surface area contributed by atoms with Gasteiger partial charge in [0, 0.05) is 24.8 Å². The molecule has 1 fully saturated rings. The fourth-order valence-electron chi connectivity index (χ4n) is 3.27. The molecule has 0 unspecified atom stereocenters. The van der Waals surface area contributed by atoms with Crippen LogP contribution in [0.15, 0.2) is 47.5 Å². The number of hydrogen-bond donors (Lipinski definition) is 0. The number of amides is 1. The van der Waals surface area contributed by atoms with Crippen LogP contribution in [-0.2, 0) is 26.9 Å². The highest BCUT2D eigenvalue weighted by Gasteiger charge is 2.31. The Morgan fingerprint density at radius 1 is 1.19 bits per heavy atom. The first-order valence-corrected chi connectivity index (χ1v) is 10.6. The van der Waals surface area contributed by atoms with E-state index in [0.29, 0.717) is 31.6 Å². The van der Waals surface area contributed by atoms with Gasteiger partial charge in [0.25, 0.3) is 5.56 Å². The lowest BCUT2D eigenvalue weighted by atomic mass is 10.1. The molecular formula is C19H23N3O4S. The van der Waals surface area contributed by atoms with Crippen LogP contribution in [0.25, 0.3) is 0 Å². The summed E-state index contributed by atoms with van der Waals surface area (Å²) in [6.07, 6.45) is 2.20. The van der Waals surface area contributed by atoms with Gasteiger partial charge in [0.15, 0.2) is 9.84 Å². The van der Waals surface area contributed by atoms with Crippen LogP contribution < -0.4 is 5.56 Å². The predicted molar refractivity (Wildman–Crippen MR) is 102 cm³/mol. The number of rotatable bonds is 5. The van der Waals surface area contributed by atoms with Crippen molar-refractivity contribution < 1.29 is 13.2 Å². The second kappa shape index (κ2) is 8.04. The lowest BCUT2D eigenvalue weighted by Crippen LogP contribution is -2.44. The van der Waals surface area contributed by atoms with Crippen LogP contribution >= 0.6 is 0 Å². The molecular weight excluding hydrogens is 366 g/mol. The van der Waals surface area contributed by atoms with E-state index in [2.05, 4.69) is 4.98 Å². The van der Waals surface area contributed by atoms with E-state index in [1.165, 1.54) is 17.0 Å². The molecule has 2 aromatic rings. The zero-order chi connectivity index (χ0) is 19.4. The number of sulfone groups is 1. The lowest BCUT2D eigenvalue weighted by molar-refractivity contribution is -0.132. The Morgan fingerprint density at radius 3 is 2.48 bits per heavy atom. The number of carbonyl (C=O) groups is 1. The van der Waals surface area contributed by atoms with Gasteiger partial charge >= 0.3 is 0 Å². The van der Waals surface area contributed by atoms with Gasteiger partial charge in [-0.25, -0.2) is 13.4 Å². The number of aromatic nitrogens is 2. The summed E-state index contributed by atoms with van der Waals surface area (Å²) in [5.74, 6) is -0.168. The maximum Gasteiger partial charge on any atom is 0.253 e. The SMILES string of the molecule is Cc1cc(=O)n(CC(=O)N2CCC(S(=O)(=O)Cc3ccccc3)CC2)cn1. The molecule has 0 radical (unpaired) electrons. The van der Waals surface area contributed by atoms with Crippen molar-refractivity contribution in [2.45, 2.75) is 37.3 Å². The molecule has 0 atom stereocenters. The second-order valence-corrected chi connectivity index (χ2v) is 9.15. The van der Waals surface area contributed by atoms with Gasteiger partial charge < -0.3 is 4.90 Å². The minimum atomic E-state index is -3.26. The van der Waals surface area contributed by atoms with Gasteiger partial charge in [0.1, 0.15) is 6.54 Å². The smallest absolute Gasteiger partial charge is 0.253 e. The van der Waals surface area contributed by atoms with Crippen LogP contribution in [0.1, 0.15) is 24.1 Å². The molecule has 0 saturated carbocycles. The zero-order valence-corrected chi connectivity index (χ0v) is 16.1. The molecule has 0 aliphatic carbocycles. The molecule has 1 saturated heterocycles. The molecule has 7 nitrogen and oxygen atoms in total. The van der Waals surface area contributed by atoms with Gasteiger partial charge in [-0.2, -0.15) is 0 Å². The minimum Gasteiger partial charge on any atom is -0.341 e. The third-order valence-electron chi connectivity index (χ3n) is 4.84. The summed E-state index contributed by atoms with van der Waals surface area (Å²) in [7, 11) is -3.26. The topological polar surface area (TPSA) is 89.3 Å². The fourth-order valence-corrected chi connectivity index (χ4v) is 5.09. The quantitative estimate of drug-likeness (QED) is 0.765. The van der Waals surface area contributed by atoms with E-state index in [4.69, 9.17) is 0 Å². The normalized spacial score (nSPS) is 15.7. The molecule has 8 heteroatoms. The van der Waals surface area contributed by atoms with Crippen LogP contribution in [0, 0.1) is 6.92 Å². The van der Waals surface area contributed by atoms with Gasteiger partial charge in [0.05, 0.1) is 17.3 Å². The average Bonchev–Trinajstić information content (AvgIpc) is 2.64. The van der Waals surface area contributed by atoms with Crippen molar-refractivity contribution in [3.63, 3.8) is 0 Å². The van der Waals surface area contributed by atoms with Gasteiger partial charge in [0.2, 0.25) is 5.91 Å². The third kappa shape index (κ3) is 4.82. The highest BCUT2D eigenvalue weighted by molar-refractivity contribution is 7.91. The predicted octanol–water partition coefficient (Wildman–Crippen LogP) is 1.16. The van der Waals surface area contributed by atoms with E-state index < -0.39 is 15.1 Å². The van der Waals surface area contributed by atoms with Crippen LogP contribution in [-0.4, -0.2) is 47.1 Å². The van der Waals surface area contributed by atoms with Crippen molar-refractivity contribution in [3.05, 3.63) is 64.3 Å². The summed E-state index contributed by atoms with van der Waals surface area (Å²) in [5, 5.41) is -0.439. The first-order chi connectivity index (χ1) is 12.8. The number of likely N-dealkylation sites (tertiary alicyclic amines) is 1. The van der Waals surface area contributed by atoms with Gasteiger partial charge in [-0.05, 0) is 25.3 Å². The largest absolute Gasteiger partial charge is 0.341 e. The van der Waals surface area contributed by atoms with Crippen LogP contribution in [0.4, 0.5) is 0 Å². The Labute approximate surface area is 158 Å². The fraction of sp³-hybridized carbons (Fsp3) is 0.421. The summed E-state index contributed by atoms with van der Waals surface area (Å²) in [6.45, 7) is 2.40. The number of benzene rings is 1. The number of carbonyl (C=O) groups excluding carboxylic acids is 1. The second-order valence-electron chi connectivity index (χ2n) is 6.87. The van der Waals surface area contributed by atoms with E-state index in [1.54, 1.807) is 11.8 Å². The molecule has 0 bridgehead atoms. The zero-order valence-electron chi connectivity index (χ0n) is 15.2. The van der Waals surface area contributed by atoms with Crippen LogP contribution in [0.2, 0.25) is 0 Å². The number of hydrogen-bond acceptors (Lipinski definition) is 5. The Hall–Kier alpha value is -2.48. The molecule has 2 heterocycles. The van der Waals surface area contributed by atoms with Crippen molar-refractivity contribution in [2.24, 2.45) is 0 Å². The Kier molecular flexibility index (Phi) is 5.74. The van der Waals surface area contributed by atoms with Crippen molar-refractivity contribution in [3.8, 4) is 0 Å². The number of piperidine rings is 1. The summed E-state index contributed by atoms with van der Waals surface area (Å²) in [4.78, 5) is 30.0. The van der Waals surface area contributed by atoms with Crippen molar-refractivity contribution in [1.29, 1.82) is 0 Å². The molecule has 27 heavy (non-hydrogen) atoms.